The third-order valence-corrected chi connectivity index (χ3v) is 3.64. The highest BCUT2D eigenvalue weighted by Gasteiger charge is 2.70. The Balaban J connectivity index is 2.13. The molecule has 1 fully saturated rings. The highest BCUT2D eigenvalue weighted by atomic mass is 16.7. The smallest absolute Gasteiger partial charge is 0.205 e. The fraction of sp³-hybridized carbons (Fsp3) is 0.833. The van der Waals surface area contributed by atoms with Crippen molar-refractivity contribution < 1.29 is 9.47 Å². The summed E-state index contributed by atoms with van der Waals surface area (Å²) in [6.07, 6.45) is 5.33. The molecule has 3 heteroatoms. The van der Waals surface area contributed by atoms with E-state index in [0.29, 0.717) is 6.04 Å². The lowest BCUT2D eigenvalue weighted by atomic mass is 10.1. The van der Waals surface area contributed by atoms with Gasteiger partial charge in [0.2, 0.25) is 5.79 Å². The van der Waals surface area contributed by atoms with E-state index in [4.69, 9.17) is 9.47 Å². The minimum absolute atomic E-state index is 0.165. The fourth-order valence-corrected chi connectivity index (χ4v) is 2.81. The molecule has 0 saturated carbocycles. The van der Waals surface area contributed by atoms with E-state index in [2.05, 4.69) is 37.8 Å². The van der Waals surface area contributed by atoms with Crippen molar-refractivity contribution in [2.45, 2.75) is 44.6 Å². The maximum atomic E-state index is 5.89. The molecular formula is C12H21NO2. The molecule has 0 aromatic rings. The minimum atomic E-state index is -0.499. The molecule has 0 bridgehead atoms. The monoisotopic (exact) mass is 211 g/mol. The van der Waals surface area contributed by atoms with Crippen LogP contribution in [0.4, 0.5) is 0 Å². The van der Waals surface area contributed by atoms with Crippen LogP contribution in [0.3, 0.4) is 0 Å². The van der Waals surface area contributed by atoms with Crippen LogP contribution in [0, 0.1) is 0 Å². The summed E-state index contributed by atoms with van der Waals surface area (Å²) in [6.45, 7) is 8.34. The van der Waals surface area contributed by atoms with Gasteiger partial charge in [0, 0.05) is 7.11 Å². The van der Waals surface area contributed by atoms with Crippen LogP contribution in [0.25, 0.3) is 0 Å². The fourth-order valence-electron chi connectivity index (χ4n) is 2.81. The van der Waals surface area contributed by atoms with Gasteiger partial charge in [-0.2, -0.15) is 0 Å². The van der Waals surface area contributed by atoms with E-state index in [1.54, 1.807) is 7.11 Å². The van der Waals surface area contributed by atoms with Crippen LogP contribution in [0.1, 0.15) is 27.2 Å². The van der Waals surface area contributed by atoms with Gasteiger partial charge >= 0.3 is 0 Å². The SMILES string of the molecule is CCCO[C@@]1(OC)C=C[C@@]2(C)C1N2CC. The van der Waals surface area contributed by atoms with Gasteiger partial charge in [-0.05, 0) is 26.0 Å². The van der Waals surface area contributed by atoms with Gasteiger partial charge in [0.1, 0.15) is 0 Å². The van der Waals surface area contributed by atoms with Gasteiger partial charge in [-0.15, -0.1) is 0 Å². The first-order valence-electron chi connectivity index (χ1n) is 5.81. The standard InChI is InChI=1S/C12H21NO2/c1-5-9-15-12(14-4)8-7-11(3)10(12)13(11)6-2/h7-8,10H,5-6,9H2,1-4H3/t10?,11-,12-,13?/m0/s1. The normalized spacial score (nSPS) is 46.9. The average Bonchev–Trinajstić information content (AvgIpc) is 2.75. The van der Waals surface area contributed by atoms with Gasteiger partial charge in [-0.25, -0.2) is 0 Å². The molecule has 0 spiro atoms. The number of methoxy groups -OCH3 is 1. The second kappa shape index (κ2) is 3.58. The van der Waals surface area contributed by atoms with Gasteiger partial charge in [-0.3, -0.25) is 4.90 Å². The van der Waals surface area contributed by atoms with E-state index < -0.39 is 5.79 Å². The predicted molar refractivity (Wildman–Crippen MR) is 59.7 cm³/mol. The molecule has 1 heterocycles. The van der Waals surface area contributed by atoms with Crippen LogP contribution in [0.5, 0.6) is 0 Å². The average molecular weight is 211 g/mol. The molecule has 4 atom stereocenters. The van der Waals surface area contributed by atoms with Crippen molar-refractivity contribution in [3.05, 3.63) is 12.2 Å². The lowest BCUT2D eigenvalue weighted by molar-refractivity contribution is -0.191. The summed E-state index contributed by atoms with van der Waals surface area (Å²) >= 11 is 0. The van der Waals surface area contributed by atoms with Gasteiger partial charge in [-0.1, -0.05) is 19.9 Å². The zero-order valence-corrected chi connectivity index (χ0v) is 10.1. The summed E-state index contributed by atoms with van der Waals surface area (Å²) in [5, 5.41) is 0. The van der Waals surface area contributed by atoms with Gasteiger partial charge < -0.3 is 9.47 Å². The Labute approximate surface area is 92.0 Å². The Bertz CT molecular complexity index is 279. The molecule has 1 aliphatic carbocycles. The van der Waals surface area contributed by atoms with Crippen molar-refractivity contribution in [2.75, 3.05) is 20.3 Å². The van der Waals surface area contributed by atoms with Crippen LogP contribution in [-0.4, -0.2) is 42.5 Å². The van der Waals surface area contributed by atoms with E-state index in [1.165, 1.54) is 0 Å². The summed E-state index contributed by atoms with van der Waals surface area (Å²) < 4.78 is 11.5. The Hall–Kier alpha value is -0.380. The molecule has 0 amide bonds. The lowest BCUT2D eigenvalue weighted by Gasteiger charge is -2.28. The Morgan fingerprint density at radius 2 is 2.07 bits per heavy atom. The number of likely N-dealkylation sites (N-methyl/N-ethyl adjacent to an activating group) is 1. The molecule has 2 rings (SSSR count). The van der Waals surface area contributed by atoms with Crippen molar-refractivity contribution in [3.8, 4) is 0 Å². The van der Waals surface area contributed by atoms with Crippen LogP contribution in [0.15, 0.2) is 12.2 Å². The number of rotatable bonds is 5. The third-order valence-electron chi connectivity index (χ3n) is 3.64. The van der Waals surface area contributed by atoms with Crippen molar-refractivity contribution in [2.24, 2.45) is 0 Å². The summed E-state index contributed by atoms with van der Waals surface area (Å²) in [7, 11) is 1.73. The predicted octanol–water partition coefficient (Wildman–Crippen LogP) is 1.79. The molecule has 0 N–H and O–H groups in total. The highest BCUT2D eigenvalue weighted by Crippen LogP contribution is 2.54. The minimum Gasteiger partial charge on any atom is -0.348 e. The second-order valence-corrected chi connectivity index (χ2v) is 4.52. The molecular weight excluding hydrogens is 190 g/mol. The van der Waals surface area contributed by atoms with Crippen molar-refractivity contribution in [1.82, 2.24) is 4.90 Å². The van der Waals surface area contributed by atoms with Crippen molar-refractivity contribution >= 4 is 0 Å². The molecule has 1 saturated heterocycles. The quantitative estimate of drug-likeness (QED) is 0.393. The van der Waals surface area contributed by atoms with Crippen LogP contribution in [0.2, 0.25) is 0 Å². The molecule has 2 aliphatic rings. The van der Waals surface area contributed by atoms with Gasteiger partial charge in [0.15, 0.2) is 0 Å². The molecule has 15 heavy (non-hydrogen) atoms. The number of hydrogen-bond donors (Lipinski definition) is 0. The number of fused-ring (bicyclic) bond motifs is 1. The highest BCUT2D eigenvalue weighted by molar-refractivity contribution is 5.38. The topological polar surface area (TPSA) is 21.5 Å². The molecule has 0 aromatic carbocycles. The van der Waals surface area contributed by atoms with E-state index in [0.717, 1.165) is 19.6 Å². The van der Waals surface area contributed by atoms with Crippen LogP contribution < -0.4 is 0 Å². The van der Waals surface area contributed by atoms with Crippen molar-refractivity contribution in [3.63, 3.8) is 0 Å². The number of hydrogen-bond acceptors (Lipinski definition) is 3. The first-order chi connectivity index (χ1) is 7.14. The maximum absolute atomic E-state index is 5.89. The molecule has 3 nitrogen and oxygen atoms in total. The van der Waals surface area contributed by atoms with E-state index in [1.807, 2.05) is 0 Å². The Kier molecular flexibility index (Phi) is 2.65. The molecule has 2 unspecified atom stereocenters. The van der Waals surface area contributed by atoms with Crippen LogP contribution in [-0.2, 0) is 9.47 Å². The van der Waals surface area contributed by atoms with E-state index in [9.17, 15) is 0 Å². The van der Waals surface area contributed by atoms with E-state index in [-0.39, 0.29) is 5.54 Å². The number of nitrogens with zero attached hydrogens (tertiary/aromatic N) is 1. The van der Waals surface area contributed by atoms with E-state index >= 15 is 0 Å². The molecule has 0 radical (unpaired) electrons. The molecule has 0 aromatic heterocycles. The summed E-state index contributed by atoms with van der Waals surface area (Å²) in [4.78, 5) is 2.41. The number of ether oxygens (including phenoxy) is 2. The summed E-state index contributed by atoms with van der Waals surface area (Å²) in [5.74, 6) is -0.499. The second-order valence-electron chi connectivity index (χ2n) is 4.52. The van der Waals surface area contributed by atoms with Crippen LogP contribution >= 0.6 is 0 Å². The lowest BCUT2D eigenvalue weighted by Crippen LogP contribution is -2.40. The van der Waals surface area contributed by atoms with Crippen molar-refractivity contribution in [1.29, 1.82) is 0 Å². The zero-order chi connectivity index (χ0) is 11.1. The first kappa shape index (κ1) is 11.1. The third kappa shape index (κ3) is 1.37. The van der Waals surface area contributed by atoms with Gasteiger partial charge in [0.05, 0.1) is 18.2 Å². The summed E-state index contributed by atoms with van der Waals surface area (Å²) in [5.41, 5.74) is 0.165. The van der Waals surface area contributed by atoms with Gasteiger partial charge in [0.25, 0.3) is 0 Å². The largest absolute Gasteiger partial charge is 0.348 e. The Morgan fingerprint density at radius 1 is 1.33 bits per heavy atom. The maximum Gasteiger partial charge on any atom is 0.205 e. The Morgan fingerprint density at radius 3 is 2.53 bits per heavy atom. The molecule has 86 valence electrons. The zero-order valence-electron chi connectivity index (χ0n) is 10.1. The first-order valence-corrected chi connectivity index (χ1v) is 5.81. The summed E-state index contributed by atoms with van der Waals surface area (Å²) in [6, 6.07) is 0.367. The molecule has 1 aliphatic heterocycles.